The van der Waals surface area contributed by atoms with E-state index in [2.05, 4.69) is 30.3 Å². The molecular weight excluding hydrogens is 452 g/mol. The van der Waals surface area contributed by atoms with Crippen LogP contribution in [-0.2, 0) is 25.7 Å². The Kier molecular flexibility index (Phi) is 8.35. The van der Waals surface area contributed by atoms with Crippen molar-refractivity contribution in [2.45, 2.75) is 25.7 Å². The van der Waals surface area contributed by atoms with Gasteiger partial charge in [0.25, 0.3) is 0 Å². The molecule has 0 amide bonds. The molecule has 0 saturated carbocycles. The molecule has 0 unspecified atom stereocenters. The van der Waals surface area contributed by atoms with Gasteiger partial charge in [-0.25, -0.2) is 0 Å². The molecule has 0 atom stereocenters. The van der Waals surface area contributed by atoms with Crippen molar-refractivity contribution in [2.75, 3.05) is 21.3 Å². The summed E-state index contributed by atoms with van der Waals surface area (Å²) in [6.07, 6.45) is 3.34. The molecule has 5 nitrogen and oxygen atoms in total. The Hall–Kier alpha value is -4.12. The highest BCUT2D eigenvalue weighted by Crippen LogP contribution is 2.40. The predicted molar refractivity (Wildman–Crippen MR) is 142 cm³/mol. The number of ether oxygens (including phenoxy) is 4. The average molecular weight is 485 g/mol. The van der Waals surface area contributed by atoms with E-state index < -0.39 is 0 Å². The summed E-state index contributed by atoms with van der Waals surface area (Å²) < 4.78 is 22.2. The molecule has 0 aliphatic heterocycles. The third-order valence-corrected chi connectivity index (χ3v) is 6.12. The standard InChI is InChI=1S/C31H32O5/c1-33-26-16-14-22(15-17-26)10-13-25-20-29(32)31(35-3)30(21-25)36-28-9-5-7-24(19-28)12-11-23-6-4-8-27(18-23)34-2/h4-9,14-21,32H,10-13H2,1-3H3. The molecule has 0 aromatic heterocycles. The fourth-order valence-electron chi connectivity index (χ4n) is 4.16. The van der Waals surface area contributed by atoms with Gasteiger partial charge in [0.1, 0.15) is 17.2 Å². The van der Waals surface area contributed by atoms with E-state index in [4.69, 9.17) is 18.9 Å². The molecular formula is C31H32O5. The summed E-state index contributed by atoms with van der Waals surface area (Å²) in [4.78, 5) is 0. The van der Waals surface area contributed by atoms with Crippen molar-refractivity contribution in [2.24, 2.45) is 0 Å². The van der Waals surface area contributed by atoms with E-state index in [1.165, 1.54) is 18.2 Å². The topological polar surface area (TPSA) is 57.2 Å². The smallest absolute Gasteiger partial charge is 0.203 e. The lowest BCUT2D eigenvalue weighted by Gasteiger charge is -2.15. The first-order chi connectivity index (χ1) is 17.6. The van der Waals surface area contributed by atoms with Crippen molar-refractivity contribution in [3.8, 4) is 34.5 Å². The fourth-order valence-corrected chi connectivity index (χ4v) is 4.16. The summed E-state index contributed by atoms with van der Waals surface area (Å²) in [6.45, 7) is 0. The van der Waals surface area contributed by atoms with Crippen LogP contribution in [0, 0.1) is 0 Å². The number of phenols is 1. The lowest BCUT2D eigenvalue weighted by molar-refractivity contribution is 0.348. The Balaban J connectivity index is 1.46. The number of aryl methyl sites for hydroxylation is 4. The number of hydrogen-bond acceptors (Lipinski definition) is 5. The molecule has 4 aromatic rings. The third-order valence-electron chi connectivity index (χ3n) is 6.12. The number of phenolic OH excluding ortho intramolecular Hbond substituents is 1. The van der Waals surface area contributed by atoms with Crippen LogP contribution in [0.15, 0.2) is 84.9 Å². The maximum atomic E-state index is 10.6. The van der Waals surface area contributed by atoms with Crippen LogP contribution >= 0.6 is 0 Å². The highest BCUT2D eigenvalue weighted by atomic mass is 16.5. The van der Waals surface area contributed by atoms with Crippen molar-refractivity contribution in [3.05, 3.63) is 107 Å². The van der Waals surface area contributed by atoms with E-state index in [-0.39, 0.29) is 5.75 Å². The van der Waals surface area contributed by atoms with Gasteiger partial charge in [0, 0.05) is 0 Å². The maximum absolute atomic E-state index is 10.6. The molecule has 4 aromatic carbocycles. The van der Waals surface area contributed by atoms with Crippen LogP contribution in [0.1, 0.15) is 22.3 Å². The summed E-state index contributed by atoms with van der Waals surface area (Å²) in [5.41, 5.74) is 4.54. The number of aromatic hydroxyl groups is 1. The lowest BCUT2D eigenvalue weighted by Crippen LogP contribution is -1.97. The Labute approximate surface area is 212 Å². The molecule has 1 N–H and O–H groups in total. The number of rotatable bonds is 11. The minimum Gasteiger partial charge on any atom is -0.504 e. The van der Waals surface area contributed by atoms with Crippen LogP contribution in [0.25, 0.3) is 0 Å². The zero-order valence-electron chi connectivity index (χ0n) is 21.0. The van der Waals surface area contributed by atoms with Crippen LogP contribution in [0.2, 0.25) is 0 Å². The molecule has 0 aliphatic carbocycles. The van der Waals surface area contributed by atoms with E-state index in [1.807, 2.05) is 48.5 Å². The average Bonchev–Trinajstić information content (AvgIpc) is 2.91. The molecule has 0 bridgehead atoms. The molecule has 4 rings (SSSR count). The van der Waals surface area contributed by atoms with Gasteiger partial charge in [-0.1, -0.05) is 36.4 Å². The van der Waals surface area contributed by atoms with Crippen LogP contribution < -0.4 is 18.9 Å². The van der Waals surface area contributed by atoms with Gasteiger partial charge in [-0.3, -0.25) is 0 Å². The van der Waals surface area contributed by atoms with Gasteiger partial charge in [0.2, 0.25) is 5.75 Å². The van der Waals surface area contributed by atoms with Crippen molar-refractivity contribution < 1.29 is 24.1 Å². The first-order valence-electron chi connectivity index (χ1n) is 12.0. The quantitative estimate of drug-likeness (QED) is 0.254. The largest absolute Gasteiger partial charge is 0.504 e. The van der Waals surface area contributed by atoms with Crippen LogP contribution in [-0.4, -0.2) is 26.4 Å². The van der Waals surface area contributed by atoms with E-state index >= 15 is 0 Å². The molecule has 0 fully saturated rings. The second kappa shape index (κ2) is 12.0. The minimum absolute atomic E-state index is 0.0638. The highest BCUT2D eigenvalue weighted by Gasteiger charge is 2.14. The van der Waals surface area contributed by atoms with E-state index in [9.17, 15) is 5.11 Å². The van der Waals surface area contributed by atoms with Gasteiger partial charge in [0.15, 0.2) is 11.5 Å². The second-order valence-corrected chi connectivity index (χ2v) is 8.60. The monoisotopic (exact) mass is 484 g/mol. The van der Waals surface area contributed by atoms with Gasteiger partial charge in [-0.15, -0.1) is 0 Å². The summed E-state index contributed by atoms with van der Waals surface area (Å²) in [5.74, 6) is 3.28. The van der Waals surface area contributed by atoms with Gasteiger partial charge in [0.05, 0.1) is 21.3 Å². The first kappa shape index (κ1) is 25.0. The van der Waals surface area contributed by atoms with Gasteiger partial charge < -0.3 is 24.1 Å². The minimum atomic E-state index is 0.0638. The van der Waals surface area contributed by atoms with Gasteiger partial charge in [-0.05, 0) is 96.5 Å². The number of benzene rings is 4. The predicted octanol–water partition coefficient (Wildman–Crippen LogP) is 6.78. The molecule has 0 aliphatic rings. The van der Waals surface area contributed by atoms with Crippen LogP contribution in [0.4, 0.5) is 0 Å². The van der Waals surface area contributed by atoms with Crippen molar-refractivity contribution in [1.29, 1.82) is 0 Å². The summed E-state index contributed by atoms with van der Waals surface area (Å²) in [5, 5.41) is 10.6. The Morgan fingerprint density at radius 1 is 0.528 bits per heavy atom. The third kappa shape index (κ3) is 6.51. The molecule has 36 heavy (non-hydrogen) atoms. The number of hydrogen-bond donors (Lipinski definition) is 1. The zero-order valence-corrected chi connectivity index (χ0v) is 21.0. The first-order valence-corrected chi connectivity index (χ1v) is 12.0. The summed E-state index contributed by atoms with van der Waals surface area (Å²) >= 11 is 0. The highest BCUT2D eigenvalue weighted by molar-refractivity contribution is 5.54. The SMILES string of the molecule is COc1ccc(CCc2cc(O)c(OC)c(Oc3cccc(CCc4cccc(OC)c4)c3)c2)cc1. The number of methoxy groups -OCH3 is 3. The van der Waals surface area contributed by atoms with Crippen LogP contribution in [0.3, 0.4) is 0 Å². The van der Waals surface area contributed by atoms with Gasteiger partial charge in [-0.2, -0.15) is 0 Å². The Bertz CT molecular complexity index is 1280. The zero-order chi connectivity index (χ0) is 25.3. The van der Waals surface area contributed by atoms with E-state index in [0.29, 0.717) is 17.2 Å². The summed E-state index contributed by atoms with van der Waals surface area (Å²) in [7, 11) is 4.87. The Morgan fingerprint density at radius 2 is 1.11 bits per heavy atom. The molecule has 0 heterocycles. The fraction of sp³-hybridized carbons (Fsp3) is 0.226. The lowest BCUT2D eigenvalue weighted by atomic mass is 10.0. The molecule has 0 saturated heterocycles. The van der Waals surface area contributed by atoms with Crippen molar-refractivity contribution >= 4 is 0 Å². The van der Waals surface area contributed by atoms with E-state index in [1.54, 1.807) is 20.3 Å². The normalized spacial score (nSPS) is 10.6. The van der Waals surface area contributed by atoms with Crippen LogP contribution in [0.5, 0.6) is 34.5 Å². The van der Waals surface area contributed by atoms with E-state index in [0.717, 1.165) is 48.3 Å². The molecule has 5 heteroatoms. The molecule has 186 valence electrons. The van der Waals surface area contributed by atoms with Crippen molar-refractivity contribution in [1.82, 2.24) is 0 Å². The van der Waals surface area contributed by atoms with Gasteiger partial charge >= 0.3 is 0 Å². The summed E-state index contributed by atoms with van der Waals surface area (Å²) in [6, 6.07) is 27.8. The molecule has 0 radical (unpaired) electrons. The second-order valence-electron chi connectivity index (χ2n) is 8.60. The molecule has 0 spiro atoms. The van der Waals surface area contributed by atoms with Crippen molar-refractivity contribution in [3.63, 3.8) is 0 Å². The Morgan fingerprint density at radius 3 is 1.75 bits per heavy atom. The maximum Gasteiger partial charge on any atom is 0.203 e.